The lowest BCUT2D eigenvalue weighted by Crippen LogP contribution is -2.41. The highest BCUT2D eigenvalue weighted by atomic mass is 16.5. The first-order valence-corrected chi connectivity index (χ1v) is 14.3. The molecule has 0 aromatic heterocycles. The van der Waals surface area contributed by atoms with Crippen molar-refractivity contribution < 1.29 is 33.5 Å². The average molecular weight is 529 g/mol. The zero-order valence-electron chi connectivity index (χ0n) is 23.9. The van der Waals surface area contributed by atoms with Gasteiger partial charge in [-0.2, -0.15) is 0 Å². The summed E-state index contributed by atoms with van der Waals surface area (Å²) >= 11 is 0. The SMILES string of the molecule is CCOC(=O)C(CCCCNC(C)=O)NC(=O)CCCCCCCCCC[N+](C)(C)CCCCC(=O)O. The Morgan fingerprint density at radius 2 is 1.32 bits per heavy atom. The highest BCUT2D eigenvalue weighted by molar-refractivity contribution is 5.84. The van der Waals surface area contributed by atoms with Gasteiger partial charge in [0.15, 0.2) is 0 Å². The van der Waals surface area contributed by atoms with Crippen LogP contribution in [0.4, 0.5) is 0 Å². The van der Waals surface area contributed by atoms with Crippen LogP contribution in [0.3, 0.4) is 0 Å². The van der Waals surface area contributed by atoms with E-state index in [1.807, 2.05) is 0 Å². The van der Waals surface area contributed by atoms with Crippen LogP contribution in [0.15, 0.2) is 0 Å². The molecule has 1 atom stereocenters. The molecule has 0 saturated heterocycles. The van der Waals surface area contributed by atoms with Crippen molar-refractivity contribution in [2.45, 2.75) is 116 Å². The molecule has 3 N–H and O–H groups in total. The smallest absolute Gasteiger partial charge is 0.328 e. The number of carbonyl (C=O) groups is 4. The van der Waals surface area contributed by atoms with Gasteiger partial charge in [0.25, 0.3) is 0 Å². The number of hydrogen-bond acceptors (Lipinski definition) is 5. The van der Waals surface area contributed by atoms with Crippen LogP contribution in [-0.2, 0) is 23.9 Å². The Morgan fingerprint density at radius 1 is 0.784 bits per heavy atom. The van der Waals surface area contributed by atoms with E-state index in [2.05, 4.69) is 24.7 Å². The Hall–Kier alpha value is -2.16. The van der Waals surface area contributed by atoms with Gasteiger partial charge in [-0.25, -0.2) is 4.79 Å². The second kappa shape index (κ2) is 21.9. The van der Waals surface area contributed by atoms with E-state index >= 15 is 0 Å². The largest absolute Gasteiger partial charge is 0.481 e. The number of esters is 1. The Bertz CT molecular complexity index is 654. The van der Waals surface area contributed by atoms with E-state index in [0.29, 0.717) is 25.8 Å². The average Bonchev–Trinajstić information content (AvgIpc) is 2.81. The summed E-state index contributed by atoms with van der Waals surface area (Å²) in [5.74, 6) is -1.28. The minimum absolute atomic E-state index is 0.0723. The first-order valence-electron chi connectivity index (χ1n) is 14.3. The maximum atomic E-state index is 12.3. The number of amides is 2. The molecule has 0 bridgehead atoms. The van der Waals surface area contributed by atoms with Crippen molar-refractivity contribution in [1.82, 2.24) is 10.6 Å². The summed E-state index contributed by atoms with van der Waals surface area (Å²) in [5.41, 5.74) is 0. The number of carboxylic acid groups (broad SMARTS) is 1. The summed E-state index contributed by atoms with van der Waals surface area (Å²) in [6.07, 6.45) is 13.3. The van der Waals surface area contributed by atoms with Crippen molar-refractivity contribution in [1.29, 1.82) is 0 Å². The van der Waals surface area contributed by atoms with Gasteiger partial charge in [-0.1, -0.05) is 32.1 Å². The summed E-state index contributed by atoms with van der Waals surface area (Å²) in [5, 5.41) is 14.3. The normalized spacial score (nSPS) is 12.1. The second-order valence-corrected chi connectivity index (χ2v) is 10.7. The first-order chi connectivity index (χ1) is 17.6. The molecule has 9 nitrogen and oxygen atoms in total. The fraction of sp³-hybridized carbons (Fsp3) is 0.857. The maximum Gasteiger partial charge on any atom is 0.328 e. The summed E-state index contributed by atoms with van der Waals surface area (Å²) in [7, 11) is 4.44. The summed E-state index contributed by atoms with van der Waals surface area (Å²) in [4.78, 5) is 46.1. The van der Waals surface area contributed by atoms with Crippen molar-refractivity contribution in [3.63, 3.8) is 0 Å². The van der Waals surface area contributed by atoms with Gasteiger partial charge in [0.2, 0.25) is 11.8 Å². The van der Waals surface area contributed by atoms with Crippen LogP contribution in [0.1, 0.15) is 110 Å². The van der Waals surface area contributed by atoms with Crippen molar-refractivity contribution in [2.75, 3.05) is 40.3 Å². The number of nitrogens with one attached hydrogen (secondary N) is 2. The van der Waals surface area contributed by atoms with E-state index < -0.39 is 18.0 Å². The molecule has 0 aliphatic rings. The van der Waals surface area contributed by atoms with Crippen LogP contribution in [-0.4, -0.2) is 79.7 Å². The molecule has 0 saturated carbocycles. The number of hydrogen-bond donors (Lipinski definition) is 3. The van der Waals surface area contributed by atoms with Gasteiger partial charge in [0, 0.05) is 26.3 Å². The molecule has 9 heteroatoms. The topological polar surface area (TPSA) is 122 Å². The maximum absolute atomic E-state index is 12.3. The Balaban J connectivity index is 3.87. The molecule has 0 spiro atoms. The Labute approximate surface area is 224 Å². The third-order valence-electron chi connectivity index (χ3n) is 6.52. The van der Waals surface area contributed by atoms with Gasteiger partial charge < -0.3 is 25.0 Å². The molecule has 37 heavy (non-hydrogen) atoms. The van der Waals surface area contributed by atoms with E-state index in [1.165, 1.54) is 39.0 Å². The fourth-order valence-electron chi connectivity index (χ4n) is 4.31. The third kappa shape index (κ3) is 22.7. The van der Waals surface area contributed by atoms with E-state index in [0.717, 1.165) is 56.1 Å². The standard InChI is InChI=1S/C28H53N3O6/c1-5-37-28(36)25(18-13-15-21-29-24(2)32)30-26(33)19-12-10-8-6-7-9-11-16-22-31(3,4)23-17-14-20-27(34)35/h25H,5-23H2,1-4H3,(H2-,29,30,32,33,34,35)/p+1. The molecule has 0 rings (SSSR count). The minimum Gasteiger partial charge on any atom is -0.481 e. The number of carbonyl (C=O) groups excluding carboxylic acids is 3. The zero-order chi connectivity index (χ0) is 27.9. The van der Waals surface area contributed by atoms with Crippen LogP contribution < -0.4 is 10.6 Å². The lowest BCUT2D eigenvalue weighted by molar-refractivity contribution is -0.890. The molecule has 0 aliphatic carbocycles. The van der Waals surface area contributed by atoms with E-state index in [9.17, 15) is 19.2 Å². The van der Waals surface area contributed by atoms with Crippen LogP contribution >= 0.6 is 0 Å². The van der Waals surface area contributed by atoms with Crippen LogP contribution in [0.2, 0.25) is 0 Å². The monoisotopic (exact) mass is 528 g/mol. The van der Waals surface area contributed by atoms with Crippen molar-refractivity contribution in [2.24, 2.45) is 0 Å². The van der Waals surface area contributed by atoms with Crippen LogP contribution in [0, 0.1) is 0 Å². The number of nitrogens with zero attached hydrogens (tertiary/aromatic N) is 1. The molecule has 0 heterocycles. The Morgan fingerprint density at radius 3 is 1.89 bits per heavy atom. The molecule has 216 valence electrons. The predicted molar refractivity (Wildman–Crippen MR) is 146 cm³/mol. The zero-order valence-corrected chi connectivity index (χ0v) is 23.9. The lowest BCUT2D eigenvalue weighted by atomic mass is 10.1. The van der Waals surface area contributed by atoms with Gasteiger partial charge >= 0.3 is 11.9 Å². The quantitative estimate of drug-likeness (QED) is 0.0981. The van der Waals surface area contributed by atoms with Gasteiger partial charge in [0.1, 0.15) is 6.04 Å². The van der Waals surface area contributed by atoms with E-state index in [-0.39, 0.29) is 24.8 Å². The molecule has 0 aromatic rings. The molecule has 0 aliphatic heterocycles. The lowest BCUT2D eigenvalue weighted by Gasteiger charge is -2.29. The Kier molecular flexibility index (Phi) is 20.6. The highest BCUT2D eigenvalue weighted by Crippen LogP contribution is 2.12. The third-order valence-corrected chi connectivity index (χ3v) is 6.52. The number of rotatable bonds is 24. The minimum atomic E-state index is -0.709. The van der Waals surface area contributed by atoms with Gasteiger partial charge in [0.05, 0.1) is 33.8 Å². The van der Waals surface area contributed by atoms with Crippen molar-refractivity contribution in [3.8, 4) is 0 Å². The summed E-state index contributed by atoms with van der Waals surface area (Å²) in [6, 6.07) is -0.627. The van der Waals surface area contributed by atoms with Crippen molar-refractivity contribution in [3.05, 3.63) is 0 Å². The summed E-state index contributed by atoms with van der Waals surface area (Å²) in [6.45, 7) is 6.22. The predicted octanol–water partition coefficient (Wildman–Crippen LogP) is 4.18. The van der Waals surface area contributed by atoms with Crippen LogP contribution in [0.5, 0.6) is 0 Å². The highest BCUT2D eigenvalue weighted by Gasteiger charge is 2.21. The number of ether oxygens (including phenoxy) is 1. The molecular weight excluding hydrogens is 474 g/mol. The van der Waals surface area contributed by atoms with Crippen LogP contribution in [0.25, 0.3) is 0 Å². The van der Waals surface area contributed by atoms with Gasteiger partial charge in [-0.3, -0.25) is 14.4 Å². The van der Waals surface area contributed by atoms with E-state index in [4.69, 9.17) is 9.84 Å². The van der Waals surface area contributed by atoms with Crippen molar-refractivity contribution >= 4 is 23.8 Å². The van der Waals surface area contributed by atoms with Gasteiger partial charge in [-0.05, 0) is 58.3 Å². The number of unbranched alkanes of at least 4 members (excludes halogenated alkanes) is 9. The first kappa shape index (κ1) is 34.8. The molecule has 0 aromatic carbocycles. The molecule has 0 fully saturated rings. The second-order valence-electron chi connectivity index (χ2n) is 10.7. The number of carboxylic acids is 1. The molecule has 1 unspecified atom stereocenters. The molecule has 0 radical (unpaired) electrons. The number of aliphatic carboxylic acids is 1. The molecule has 2 amide bonds. The summed E-state index contributed by atoms with van der Waals surface area (Å²) < 4.78 is 6.06. The fourth-order valence-corrected chi connectivity index (χ4v) is 4.31. The number of quaternary nitrogens is 1. The van der Waals surface area contributed by atoms with E-state index in [1.54, 1.807) is 6.92 Å². The molecular formula is C28H54N3O6+. The van der Waals surface area contributed by atoms with Gasteiger partial charge in [-0.15, -0.1) is 0 Å².